The molecule has 0 atom stereocenters. The second-order valence-corrected chi connectivity index (χ2v) is 10.0. The third-order valence-electron chi connectivity index (χ3n) is 7.86. The molecule has 39 heavy (non-hydrogen) atoms. The number of para-hydroxylation sites is 1. The number of fused-ring (bicyclic) bond motifs is 5. The van der Waals surface area contributed by atoms with Crippen molar-refractivity contribution in [1.82, 2.24) is 9.55 Å². The molecule has 6 aromatic carbocycles. The summed E-state index contributed by atoms with van der Waals surface area (Å²) in [5, 5.41) is 7.41. The van der Waals surface area contributed by atoms with Crippen LogP contribution in [0.5, 0.6) is 0 Å². The summed E-state index contributed by atoms with van der Waals surface area (Å²) in [6.07, 6.45) is 3.86. The zero-order valence-electron chi connectivity index (χ0n) is 21.3. The summed E-state index contributed by atoms with van der Waals surface area (Å²) in [6.45, 7) is 0. The van der Waals surface area contributed by atoms with Crippen molar-refractivity contribution in [1.29, 1.82) is 0 Å². The summed E-state index contributed by atoms with van der Waals surface area (Å²) in [7, 11) is 0. The Balaban J connectivity index is 1.55. The lowest BCUT2D eigenvalue weighted by molar-refractivity contribution is 1.18. The number of nitrogens with zero attached hydrogens (tertiary/aromatic N) is 2. The van der Waals surface area contributed by atoms with E-state index in [-0.39, 0.29) is 0 Å². The average Bonchev–Trinajstić information content (AvgIpc) is 3.35. The van der Waals surface area contributed by atoms with E-state index in [0.29, 0.717) is 0 Å². The Hall–Kier alpha value is -5.21. The van der Waals surface area contributed by atoms with Crippen LogP contribution in [0.25, 0.3) is 71.3 Å². The second kappa shape index (κ2) is 8.68. The van der Waals surface area contributed by atoms with E-state index in [0.717, 1.165) is 11.2 Å². The molecular weight excluding hydrogens is 472 g/mol. The Bertz CT molecular complexity index is 2100. The van der Waals surface area contributed by atoms with Crippen LogP contribution in [-0.4, -0.2) is 9.55 Å². The molecule has 8 aromatic rings. The van der Waals surface area contributed by atoms with Crippen molar-refractivity contribution in [3.63, 3.8) is 0 Å². The van der Waals surface area contributed by atoms with Crippen LogP contribution in [0.3, 0.4) is 0 Å². The molecule has 0 bridgehead atoms. The van der Waals surface area contributed by atoms with E-state index in [1.54, 1.807) is 0 Å². The van der Waals surface area contributed by atoms with Gasteiger partial charge >= 0.3 is 0 Å². The summed E-state index contributed by atoms with van der Waals surface area (Å²) >= 11 is 0. The minimum Gasteiger partial charge on any atom is -0.309 e. The van der Waals surface area contributed by atoms with Crippen LogP contribution in [0, 0.1) is 0 Å². The minimum atomic E-state index is 1.14. The maximum atomic E-state index is 4.44. The predicted octanol–water partition coefficient (Wildman–Crippen LogP) is 9.82. The fourth-order valence-electron chi connectivity index (χ4n) is 6.23. The van der Waals surface area contributed by atoms with Gasteiger partial charge in [-0.15, -0.1) is 0 Å². The third kappa shape index (κ3) is 3.32. The summed E-state index contributed by atoms with van der Waals surface area (Å²) in [6, 6.07) is 48.1. The summed E-state index contributed by atoms with van der Waals surface area (Å²) in [5.41, 5.74) is 8.49. The molecule has 0 saturated carbocycles. The highest BCUT2D eigenvalue weighted by molar-refractivity contribution is 6.22. The molecule has 2 heteroatoms. The molecule has 2 aromatic heterocycles. The van der Waals surface area contributed by atoms with E-state index >= 15 is 0 Å². The monoisotopic (exact) mass is 496 g/mol. The molecule has 2 nitrogen and oxygen atoms in total. The highest BCUT2D eigenvalue weighted by Gasteiger charge is 2.18. The van der Waals surface area contributed by atoms with Crippen molar-refractivity contribution in [3.8, 4) is 27.9 Å². The molecule has 0 saturated heterocycles. The topological polar surface area (TPSA) is 17.8 Å². The van der Waals surface area contributed by atoms with E-state index in [1.165, 1.54) is 60.1 Å². The Labute approximate surface area is 226 Å². The first-order valence-electron chi connectivity index (χ1n) is 13.3. The van der Waals surface area contributed by atoms with Crippen molar-refractivity contribution >= 4 is 43.4 Å². The molecule has 0 amide bonds. The Morgan fingerprint density at radius 2 is 0.949 bits per heavy atom. The molecule has 0 radical (unpaired) electrons. The number of aromatic nitrogens is 2. The predicted molar refractivity (Wildman–Crippen MR) is 164 cm³/mol. The number of hydrogen-bond donors (Lipinski definition) is 0. The average molecular weight is 497 g/mol. The molecule has 0 N–H and O–H groups in total. The van der Waals surface area contributed by atoms with Crippen LogP contribution >= 0.6 is 0 Å². The van der Waals surface area contributed by atoms with Crippen molar-refractivity contribution in [2.24, 2.45) is 0 Å². The van der Waals surface area contributed by atoms with Gasteiger partial charge in [0.1, 0.15) is 0 Å². The van der Waals surface area contributed by atoms with E-state index in [4.69, 9.17) is 0 Å². The van der Waals surface area contributed by atoms with E-state index < -0.39 is 0 Å². The largest absolute Gasteiger partial charge is 0.309 e. The van der Waals surface area contributed by atoms with Gasteiger partial charge in [0.25, 0.3) is 0 Å². The lowest BCUT2D eigenvalue weighted by atomic mass is 9.86. The van der Waals surface area contributed by atoms with Gasteiger partial charge in [-0.3, -0.25) is 4.98 Å². The molecule has 182 valence electrons. The van der Waals surface area contributed by atoms with Gasteiger partial charge in [-0.05, 0) is 68.1 Å². The van der Waals surface area contributed by atoms with Crippen LogP contribution in [0.1, 0.15) is 0 Å². The zero-order valence-corrected chi connectivity index (χ0v) is 21.3. The second-order valence-electron chi connectivity index (χ2n) is 10.0. The number of hydrogen-bond acceptors (Lipinski definition) is 1. The van der Waals surface area contributed by atoms with Gasteiger partial charge in [0.2, 0.25) is 0 Å². The number of pyridine rings is 1. The van der Waals surface area contributed by atoms with Crippen LogP contribution in [0.15, 0.2) is 146 Å². The van der Waals surface area contributed by atoms with E-state index in [2.05, 4.69) is 143 Å². The van der Waals surface area contributed by atoms with Crippen molar-refractivity contribution < 1.29 is 0 Å². The number of rotatable bonds is 3. The van der Waals surface area contributed by atoms with Crippen molar-refractivity contribution in [2.75, 3.05) is 0 Å². The highest BCUT2D eigenvalue weighted by Crippen LogP contribution is 2.44. The van der Waals surface area contributed by atoms with Crippen LogP contribution in [0.4, 0.5) is 0 Å². The molecule has 0 aliphatic rings. The van der Waals surface area contributed by atoms with Gasteiger partial charge in [-0.2, -0.15) is 0 Å². The fourth-order valence-corrected chi connectivity index (χ4v) is 6.23. The van der Waals surface area contributed by atoms with Crippen LogP contribution in [-0.2, 0) is 0 Å². The van der Waals surface area contributed by atoms with Gasteiger partial charge in [-0.1, -0.05) is 109 Å². The fraction of sp³-hybridized carbons (Fsp3) is 0. The lowest BCUT2D eigenvalue weighted by Gasteiger charge is -2.19. The third-order valence-corrected chi connectivity index (χ3v) is 7.86. The number of benzene rings is 6. The maximum absolute atomic E-state index is 4.44. The first-order valence-corrected chi connectivity index (χ1v) is 13.3. The Kier molecular flexibility index (Phi) is 4.86. The normalized spacial score (nSPS) is 11.6. The van der Waals surface area contributed by atoms with Gasteiger partial charge in [0, 0.05) is 28.9 Å². The summed E-state index contributed by atoms with van der Waals surface area (Å²) in [5.74, 6) is 0. The molecule has 0 aliphatic carbocycles. The molecule has 0 unspecified atom stereocenters. The summed E-state index contributed by atoms with van der Waals surface area (Å²) in [4.78, 5) is 4.44. The van der Waals surface area contributed by atoms with Crippen LogP contribution < -0.4 is 0 Å². The smallest absolute Gasteiger partial charge is 0.0571 e. The molecule has 0 fully saturated rings. The molecule has 2 heterocycles. The first-order chi connectivity index (χ1) is 19.4. The van der Waals surface area contributed by atoms with Gasteiger partial charge < -0.3 is 4.57 Å². The van der Waals surface area contributed by atoms with Crippen molar-refractivity contribution in [3.05, 3.63) is 146 Å². The van der Waals surface area contributed by atoms with Gasteiger partial charge in [0.05, 0.1) is 11.0 Å². The van der Waals surface area contributed by atoms with Gasteiger partial charge in [-0.25, -0.2) is 0 Å². The zero-order chi connectivity index (χ0) is 25.8. The Morgan fingerprint density at radius 3 is 1.64 bits per heavy atom. The highest BCUT2D eigenvalue weighted by atomic mass is 15.0. The maximum Gasteiger partial charge on any atom is 0.0571 e. The van der Waals surface area contributed by atoms with Crippen LogP contribution in [0.2, 0.25) is 0 Å². The van der Waals surface area contributed by atoms with Crippen molar-refractivity contribution in [2.45, 2.75) is 0 Å². The molecule has 0 aliphatic heterocycles. The lowest BCUT2D eigenvalue weighted by Crippen LogP contribution is -1.96. The first kappa shape index (κ1) is 21.8. The van der Waals surface area contributed by atoms with Gasteiger partial charge in [0.15, 0.2) is 0 Å². The summed E-state index contributed by atoms with van der Waals surface area (Å²) < 4.78 is 2.37. The standard InChI is InChI=1S/C37H24N2/c1-3-11-25(12-4-1)36-29-16-7-8-17-30(29)37(26-13-5-2-6-14-26)32-23-27(19-20-31(32)36)39-34-18-10-9-15-28(34)33-24-38-22-21-35(33)39/h1-24H. The van der Waals surface area contributed by atoms with E-state index in [9.17, 15) is 0 Å². The molecule has 8 rings (SSSR count). The Morgan fingerprint density at radius 1 is 0.410 bits per heavy atom. The van der Waals surface area contributed by atoms with E-state index in [1.807, 2.05) is 12.4 Å². The minimum absolute atomic E-state index is 1.14. The molecular formula is C37H24N2. The SMILES string of the molecule is c1ccc(-c2c3ccccc3c(-c3ccccc3)c3cc(-n4c5ccccc5c5cnccc54)ccc23)cc1. The quantitative estimate of drug-likeness (QED) is 0.223. The molecule has 0 spiro atoms.